The normalized spacial score (nSPS) is 9.62. The molecule has 1 rings (SSSR count). The van der Waals surface area contributed by atoms with E-state index in [2.05, 4.69) is 6.58 Å². The third-order valence-electron chi connectivity index (χ3n) is 1.60. The zero-order valence-electron chi connectivity index (χ0n) is 7.19. The van der Waals surface area contributed by atoms with E-state index in [1.54, 1.807) is 12.1 Å². The highest BCUT2D eigenvalue weighted by atomic mass is 32.2. The lowest BCUT2D eigenvalue weighted by molar-refractivity contribution is -0.385. The van der Waals surface area contributed by atoms with Crippen LogP contribution in [0.2, 0.25) is 0 Å². The summed E-state index contributed by atoms with van der Waals surface area (Å²) in [5.41, 5.74) is 0.889. The topological polar surface area (TPSA) is 43.1 Å². The molecule has 1 aromatic carbocycles. The van der Waals surface area contributed by atoms with E-state index in [4.69, 9.17) is 0 Å². The van der Waals surface area contributed by atoms with E-state index in [1.807, 2.05) is 12.3 Å². The van der Waals surface area contributed by atoms with Crippen LogP contribution in [0.25, 0.3) is 6.08 Å². The number of nitrogens with zero attached hydrogens (tertiary/aromatic N) is 1. The van der Waals surface area contributed by atoms with Crippen molar-refractivity contribution in [1.82, 2.24) is 0 Å². The van der Waals surface area contributed by atoms with Gasteiger partial charge in [-0.25, -0.2) is 0 Å². The molecule has 0 saturated carbocycles. The summed E-state index contributed by atoms with van der Waals surface area (Å²) in [5.74, 6) is 0. The summed E-state index contributed by atoms with van der Waals surface area (Å²) in [4.78, 5) is 11.0. The fourth-order valence-electron chi connectivity index (χ4n) is 0.947. The maximum atomic E-state index is 10.5. The third kappa shape index (κ3) is 2.32. The molecular formula is C9H9NO2S. The van der Waals surface area contributed by atoms with E-state index in [1.165, 1.54) is 17.8 Å². The van der Waals surface area contributed by atoms with Crippen LogP contribution in [0.3, 0.4) is 0 Å². The zero-order valence-corrected chi connectivity index (χ0v) is 8.00. The molecule has 0 unspecified atom stereocenters. The number of non-ortho nitro benzene ring substituents is 1. The van der Waals surface area contributed by atoms with Gasteiger partial charge in [0.25, 0.3) is 5.69 Å². The average molecular weight is 195 g/mol. The Morgan fingerprint density at radius 3 is 2.69 bits per heavy atom. The Hall–Kier alpha value is -1.29. The molecule has 68 valence electrons. The van der Waals surface area contributed by atoms with Gasteiger partial charge >= 0.3 is 0 Å². The molecule has 0 aliphatic rings. The SMILES string of the molecule is C=Cc1cc(SC)cc([N+](=O)[O-])c1. The van der Waals surface area contributed by atoms with Gasteiger partial charge in [0.15, 0.2) is 0 Å². The first-order chi connectivity index (χ1) is 6.17. The second-order valence-corrected chi connectivity index (χ2v) is 3.31. The summed E-state index contributed by atoms with van der Waals surface area (Å²) in [6.07, 6.45) is 3.48. The minimum atomic E-state index is -0.396. The highest BCUT2D eigenvalue weighted by Crippen LogP contribution is 2.23. The lowest BCUT2D eigenvalue weighted by Crippen LogP contribution is -1.88. The molecule has 0 spiro atoms. The van der Waals surface area contributed by atoms with Crippen molar-refractivity contribution in [3.8, 4) is 0 Å². The zero-order chi connectivity index (χ0) is 9.84. The number of thioether (sulfide) groups is 1. The van der Waals surface area contributed by atoms with Gasteiger partial charge in [-0.2, -0.15) is 0 Å². The lowest BCUT2D eigenvalue weighted by atomic mass is 10.2. The molecule has 4 heteroatoms. The number of hydrogen-bond donors (Lipinski definition) is 0. The minimum Gasteiger partial charge on any atom is -0.258 e. The Labute approximate surface area is 80.6 Å². The smallest absolute Gasteiger partial charge is 0.258 e. The number of hydrogen-bond acceptors (Lipinski definition) is 3. The van der Waals surface area contributed by atoms with Gasteiger partial charge in [0.2, 0.25) is 0 Å². The number of nitro benzene ring substituents is 1. The molecule has 3 nitrogen and oxygen atoms in total. The first-order valence-electron chi connectivity index (χ1n) is 3.63. The molecule has 0 heterocycles. The molecule has 0 amide bonds. The van der Waals surface area contributed by atoms with Gasteiger partial charge in [0.05, 0.1) is 4.92 Å². The third-order valence-corrected chi connectivity index (χ3v) is 2.30. The quantitative estimate of drug-likeness (QED) is 0.423. The van der Waals surface area contributed by atoms with Crippen LogP contribution in [0.1, 0.15) is 5.56 Å². The Kier molecular flexibility index (Phi) is 3.08. The summed E-state index contributed by atoms with van der Waals surface area (Å²) < 4.78 is 0. The van der Waals surface area contributed by atoms with E-state index in [0.29, 0.717) is 0 Å². The van der Waals surface area contributed by atoms with E-state index in [0.717, 1.165) is 10.5 Å². The van der Waals surface area contributed by atoms with Gasteiger partial charge in [0, 0.05) is 17.0 Å². The van der Waals surface area contributed by atoms with Gasteiger partial charge in [-0.1, -0.05) is 12.7 Å². The lowest BCUT2D eigenvalue weighted by Gasteiger charge is -1.99. The van der Waals surface area contributed by atoms with Crippen molar-refractivity contribution >= 4 is 23.5 Å². The van der Waals surface area contributed by atoms with Crippen molar-refractivity contribution in [3.05, 3.63) is 40.5 Å². The van der Waals surface area contributed by atoms with Gasteiger partial charge in [-0.15, -0.1) is 11.8 Å². The van der Waals surface area contributed by atoms with Crippen molar-refractivity contribution in [2.45, 2.75) is 4.90 Å². The second kappa shape index (κ2) is 4.09. The highest BCUT2D eigenvalue weighted by molar-refractivity contribution is 7.98. The molecule has 1 aromatic rings. The number of rotatable bonds is 3. The van der Waals surface area contributed by atoms with Gasteiger partial charge < -0.3 is 0 Å². The monoisotopic (exact) mass is 195 g/mol. The van der Waals surface area contributed by atoms with Crippen molar-refractivity contribution in [2.24, 2.45) is 0 Å². The van der Waals surface area contributed by atoms with Gasteiger partial charge in [0.1, 0.15) is 0 Å². The first kappa shape index (κ1) is 9.80. The second-order valence-electron chi connectivity index (χ2n) is 2.43. The van der Waals surface area contributed by atoms with Crippen LogP contribution in [0.15, 0.2) is 29.7 Å². The maximum Gasteiger partial charge on any atom is 0.271 e. The van der Waals surface area contributed by atoms with Crippen LogP contribution in [-0.2, 0) is 0 Å². The molecule has 13 heavy (non-hydrogen) atoms. The molecule has 0 N–H and O–H groups in total. The fourth-order valence-corrected chi connectivity index (χ4v) is 1.44. The number of benzene rings is 1. The molecule has 0 aliphatic heterocycles. The first-order valence-corrected chi connectivity index (χ1v) is 4.85. The van der Waals surface area contributed by atoms with Crippen LogP contribution in [0, 0.1) is 10.1 Å². The number of nitro groups is 1. The van der Waals surface area contributed by atoms with Crippen LogP contribution in [0.5, 0.6) is 0 Å². The van der Waals surface area contributed by atoms with Crippen molar-refractivity contribution in [3.63, 3.8) is 0 Å². The van der Waals surface area contributed by atoms with Crippen LogP contribution < -0.4 is 0 Å². The predicted molar refractivity (Wildman–Crippen MR) is 55.0 cm³/mol. The van der Waals surface area contributed by atoms with E-state index < -0.39 is 4.92 Å². The predicted octanol–water partition coefficient (Wildman–Crippen LogP) is 2.96. The molecule has 0 aromatic heterocycles. The molecule has 0 bridgehead atoms. The molecule has 0 saturated heterocycles. The Balaban J connectivity index is 3.22. The minimum absolute atomic E-state index is 0.113. The average Bonchev–Trinajstić information content (AvgIpc) is 2.16. The van der Waals surface area contributed by atoms with E-state index >= 15 is 0 Å². The largest absolute Gasteiger partial charge is 0.271 e. The summed E-state index contributed by atoms with van der Waals surface area (Å²) in [5, 5.41) is 10.5. The Bertz CT molecular complexity index is 349. The van der Waals surface area contributed by atoms with E-state index in [9.17, 15) is 10.1 Å². The Morgan fingerprint density at radius 1 is 1.54 bits per heavy atom. The van der Waals surface area contributed by atoms with Crippen molar-refractivity contribution in [1.29, 1.82) is 0 Å². The van der Waals surface area contributed by atoms with E-state index in [-0.39, 0.29) is 5.69 Å². The van der Waals surface area contributed by atoms with Crippen LogP contribution in [0.4, 0.5) is 5.69 Å². The summed E-state index contributed by atoms with van der Waals surface area (Å²) >= 11 is 1.48. The molecule has 0 radical (unpaired) electrons. The van der Waals surface area contributed by atoms with Crippen LogP contribution in [-0.4, -0.2) is 11.2 Å². The molecule has 0 aliphatic carbocycles. The molecule has 0 fully saturated rings. The Morgan fingerprint density at radius 2 is 2.23 bits per heavy atom. The van der Waals surface area contributed by atoms with Crippen molar-refractivity contribution < 1.29 is 4.92 Å². The maximum absolute atomic E-state index is 10.5. The highest BCUT2D eigenvalue weighted by Gasteiger charge is 2.07. The van der Waals surface area contributed by atoms with Gasteiger partial charge in [-0.3, -0.25) is 10.1 Å². The summed E-state index contributed by atoms with van der Waals surface area (Å²) in [7, 11) is 0. The molecular weight excluding hydrogens is 186 g/mol. The standard InChI is InChI=1S/C9H9NO2S/c1-3-7-4-8(10(11)12)6-9(5-7)13-2/h3-6H,1H2,2H3. The van der Waals surface area contributed by atoms with Crippen molar-refractivity contribution in [2.75, 3.05) is 6.26 Å². The summed E-state index contributed by atoms with van der Waals surface area (Å²) in [6.45, 7) is 3.57. The van der Waals surface area contributed by atoms with Gasteiger partial charge in [-0.05, 0) is 17.9 Å². The fraction of sp³-hybridized carbons (Fsp3) is 0.111. The molecule has 0 atom stereocenters. The summed E-state index contributed by atoms with van der Waals surface area (Å²) in [6, 6.07) is 4.93. The van der Waals surface area contributed by atoms with Crippen LogP contribution >= 0.6 is 11.8 Å².